The van der Waals surface area contributed by atoms with E-state index < -0.39 is 0 Å². The highest BCUT2D eigenvalue weighted by Crippen LogP contribution is 2.36. The first-order valence-corrected chi connectivity index (χ1v) is 11.5. The normalized spacial score (nSPS) is 17.1. The molecule has 1 aliphatic heterocycles. The summed E-state index contributed by atoms with van der Waals surface area (Å²) in [5.41, 5.74) is 2.19. The van der Waals surface area contributed by atoms with Crippen molar-refractivity contribution >= 4 is 23.2 Å². The maximum atomic E-state index is 13.4. The maximum Gasteiger partial charge on any atom is 0.242 e. The van der Waals surface area contributed by atoms with Gasteiger partial charge in [-0.1, -0.05) is 6.07 Å². The lowest BCUT2D eigenvalue weighted by atomic mass is 10.1. The SMILES string of the molecule is Cc1ccsc1CN(Cc1ccc2c(c1)OCO2)C(=O)CN(C(=O)C1CC1)C1CC1. The van der Waals surface area contributed by atoms with Crippen molar-refractivity contribution in [1.29, 1.82) is 0 Å². The van der Waals surface area contributed by atoms with Crippen LogP contribution < -0.4 is 9.47 Å². The standard InChI is InChI=1S/C23H26N2O4S/c1-15-8-9-30-21(15)12-24(11-16-2-7-19-20(10-16)29-14-28-19)22(26)13-25(18-5-6-18)23(27)17-3-4-17/h2,7-10,17-18H,3-6,11-14H2,1H3. The lowest BCUT2D eigenvalue weighted by Crippen LogP contribution is -2.44. The van der Waals surface area contributed by atoms with Crippen molar-refractivity contribution in [2.75, 3.05) is 13.3 Å². The van der Waals surface area contributed by atoms with E-state index in [4.69, 9.17) is 9.47 Å². The van der Waals surface area contributed by atoms with Gasteiger partial charge in [0.2, 0.25) is 18.6 Å². The van der Waals surface area contributed by atoms with Gasteiger partial charge in [0.05, 0.1) is 6.54 Å². The number of nitrogens with zero attached hydrogens (tertiary/aromatic N) is 2. The lowest BCUT2D eigenvalue weighted by molar-refractivity contribution is -0.142. The molecule has 3 aliphatic rings. The molecule has 1 aromatic heterocycles. The summed E-state index contributed by atoms with van der Waals surface area (Å²) in [5.74, 6) is 1.76. The van der Waals surface area contributed by atoms with Gasteiger partial charge in [0, 0.05) is 23.4 Å². The number of carbonyl (C=O) groups is 2. The molecule has 2 fully saturated rings. The molecule has 2 aromatic rings. The third-order valence-electron chi connectivity index (χ3n) is 5.97. The van der Waals surface area contributed by atoms with Crippen molar-refractivity contribution in [3.8, 4) is 11.5 Å². The van der Waals surface area contributed by atoms with Gasteiger partial charge >= 0.3 is 0 Å². The zero-order valence-corrected chi connectivity index (χ0v) is 18.0. The van der Waals surface area contributed by atoms with Crippen LogP contribution in [0, 0.1) is 12.8 Å². The van der Waals surface area contributed by atoms with E-state index in [-0.39, 0.29) is 37.1 Å². The number of hydrogen-bond acceptors (Lipinski definition) is 5. The first kappa shape index (κ1) is 19.4. The minimum atomic E-state index is 0.00127. The van der Waals surface area contributed by atoms with Crippen molar-refractivity contribution in [3.05, 3.63) is 45.6 Å². The smallest absolute Gasteiger partial charge is 0.242 e. The molecule has 7 heteroatoms. The van der Waals surface area contributed by atoms with Crippen LogP contribution in [0.4, 0.5) is 0 Å². The zero-order valence-electron chi connectivity index (χ0n) is 17.1. The van der Waals surface area contributed by atoms with E-state index in [2.05, 4.69) is 18.4 Å². The Morgan fingerprint density at radius 2 is 1.87 bits per heavy atom. The van der Waals surface area contributed by atoms with Gasteiger partial charge in [0.15, 0.2) is 11.5 Å². The number of hydrogen-bond donors (Lipinski definition) is 0. The van der Waals surface area contributed by atoms with Crippen LogP contribution in [0.25, 0.3) is 0 Å². The van der Waals surface area contributed by atoms with Gasteiger partial charge < -0.3 is 19.3 Å². The molecule has 0 spiro atoms. The van der Waals surface area contributed by atoms with Gasteiger partial charge in [-0.3, -0.25) is 9.59 Å². The fraction of sp³-hybridized carbons (Fsp3) is 0.478. The Morgan fingerprint density at radius 1 is 1.07 bits per heavy atom. The van der Waals surface area contributed by atoms with Crippen molar-refractivity contribution < 1.29 is 19.1 Å². The van der Waals surface area contributed by atoms with Gasteiger partial charge in [-0.2, -0.15) is 0 Å². The first-order chi connectivity index (χ1) is 14.6. The van der Waals surface area contributed by atoms with E-state index in [0.29, 0.717) is 13.1 Å². The van der Waals surface area contributed by atoms with E-state index in [9.17, 15) is 9.59 Å². The topological polar surface area (TPSA) is 59.1 Å². The van der Waals surface area contributed by atoms with Gasteiger partial charge in [0.25, 0.3) is 0 Å². The predicted octanol–water partition coefficient (Wildman–Crippen LogP) is 3.72. The van der Waals surface area contributed by atoms with E-state index in [1.165, 1.54) is 10.4 Å². The van der Waals surface area contributed by atoms with Crippen molar-refractivity contribution in [1.82, 2.24) is 9.80 Å². The summed E-state index contributed by atoms with van der Waals surface area (Å²) in [7, 11) is 0. The second kappa shape index (κ2) is 7.95. The fourth-order valence-corrected chi connectivity index (χ4v) is 4.74. The number of fused-ring (bicyclic) bond motifs is 1. The summed E-state index contributed by atoms with van der Waals surface area (Å²) in [6.07, 6.45) is 3.95. The summed E-state index contributed by atoms with van der Waals surface area (Å²) in [5, 5.41) is 2.06. The maximum absolute atomic E-state index is 13.4. The largest absolute Gasteiger partial charge is 0.454 e. The summed E-state index contributed by atoms with van der Waals surface area (Å²) < 4.78 is 10.9. The minimum Gasteiger partial charge on any atom is -0.454 e. The molecule has 2 aliphatic carbocycles. The first-order valence-electron chi connectivity index (χ1n) is 10.6. The molecule has 2 heterocycles. The van der Waals surface area contributed by atoms with E-state index in [1.807, 2.05) is 28.0 Å². The molecule has 2 amide bonds. The molecule has 1 aromatic carbocycles. The molecule has 0 atom stereocenters. The third-order valence-corrected chi connectivity index (χ3v) is 6.98. The average molecular weight is 427 g/mol. The van der Waals surface area contributed by atoms with Crippen LogP contribution in [0.2, 0.25) is 0 Å². The van der Waals surface area contributed by atoms with Crippen molar-refractivity contribution in [2.24, 2.45) is 5.92 Å². The number of benzene rings is 1. The number of thiophene rings is 1. The fourth-order valence-electron chi connectivity index (χ4n) is 3.82. The van der Waals surface area contributed by atoms with Crippen molar-refractivity contribution in [2.45, 2.75) is 51.7 Å². The quantitative estimate of drug-likeness (QED) is 0.646. The van der Waals surface area contributed by atoms with Crippen LogP contribution >= 0.6 is 11.3 Å². The van der Waals surface area contributed by atoms with Gasteiger partial charge in [-0.25, -0.2) is 0 Å². The number of rotatable bonds is 8. The number of amides is 2. The molecule has 0 radical (unpaired) electrons. The number of aryl methyl sites for hydroxylation is 1. The zero-order chi connectivity index (χ0) is 20.7. The second-order valence-corrected chi connectivity index (χ2v) is 9.44. The average Bonchev–Trinajstić information content (AvgIpc) is 3.66. The van der Waals surface area contributed by atoms with Crippen LogP contribution in [-0.2, 0) is 22.7 Å². The van der Waals surface area contributed by atoms with Crippen molar-refractivity contribution in [3.63, 3.8) is 0 Å². The number of carbonyl (C=O) groups excluding carboxylic acids is 2. The molecule has 0 saturated heterocycles. The Kier molecular flexibility index (Phi) is 5.15. The Bertz CT molecular complexity index is 964. The Balaban J connectivity index is 1.35. The second-order valence-electron chi connectivity index (χ2n) is 8.44. The van der Waals surface area contributed by atoms with E-state index >= 15 is 0 Å². The Morgan fingerprint density at radius 3 is 2.57 bits per heavy atom. The minimum absolute atomic E-state index is 0.00127. The highest BCUT2D eigenvalue weighted by atomic mass is 32.1. The van der Waals surface area contributed by atoms with Crippen LogP contribution in [0.5, 0.6) is 11.5 Å². The van der Waals surface area contributed by atoms with Gasteiger partial charge in [-0.05, 0) is 67.3 Å². The molecular weight excluding hydrogens is 400 g/mol. The summed E-state index contributed by atoms with van der Waals surface area (Å²) in [6.45, 7) is 3.50. The molecule has 0 unspecified atom stereocenters. The Labute approximate surface area is 180 Å². The molecule has 5 rings (SSSR count). The Hall–Kier alpha value is -2.54. The molecule has 2 saturated carbocycles. The number of ether oxygens (including phenoxy) is 2. The predicted molar refractivity (Wildman–Crippen MR) is 113 cm³/mol. The van der Waals surface area contributed by atoms with Crippen LogP contribution in [0.1, 0.15) is 41.7 Å². The summed E-state index contributed by atoms with van der Waals surface area (Å²) >= 11 is 1.67. The molecule has 0 bridgehead atoms. The highest BCUT2D eigenvalue weighted by molar-refractivity contribution is 7.10. The van der Waals surface area contributed by atoms with E-state index in [1.54, 1.807) is 11.3 Å². The molecule has 6 nitrogen and oxygen atoms in total. The summed E-state index contributed by atoms with van der Waals surface area (Å²) in [4.78, 5) is 31.0. The third kappa shape index (κ3) is 4.17. The molecule has 30 heavy (non-hydrogen) atoms. The monoisotopic (exact) mass is 426 g/mol. The van der Waals surface area contributed by atoms with Gasteiger partial charge in [0.1, 0.15) is 6.54 Å². The summed E-state index contributed by atoms with van der Waals surface area (Å²) in [6, 6.07) is 8.14. The molecule has 0 N–H and O–H groups in total. The van der Waals surface area contributed by atoms with Crippen LogP contribution in [0.3, 0.4) is 0 Å². The van der Waals surface area contributed by atoms with Gasteiger partial charge in [-0.15, -0.1) is 11.3 Å². The van der Waals surface area contributed by atoms with E-state index in [0.717, 1.165) is 42.7 Å². The molecule has 158 valence electrons. The molecular formula is C23H26N2O4S. The van der Waals surface area contributed by atoms with Crippen LogP contribution in [0.15, 0.2) is 29.6 Å². The lowest BCUT2D eigenvalue weighted by Gasteiger charge is -2.28. The van der Waals surface area contributed by atoms with Crippen LogP contribution in [-0.4, -0.2) is 41.0 Å². The highest BCUT2D eigenvalue weighted by Gasteiger charge is 2.41.